The van der Waals surface area contributed by atoms with Crippen LogP contribution in [0.2, 0.25) is 0 Å². The third-order valence-corrected chi connectivity index (χ3v) is 1.95. The van der Waals surface area contributed by atoms with Gasteiger partial charge in [0.15, 0.2) is 0 Å². The summed E-state index contributed by atoms with van der Waals surface area (Å²) in [6.07, 6.45) is -4.70. The minimum atomic E-state index is -4.01. The molecule has 0 fully saturated rings. The Morgan fingerprint density at radius 2 is 1.89 bits per heavy atom. The maximum atomic E-state index is 11.5. The molecule has 0 heterocycles. The van der Waals surface area contributed by atoms with E-state index in [4.69, 9.17) is 0 Å². The molecule has 0 N–H and O–H groups in total. The molecule has 0 aromatic rings. The van der Waals surface area contributed by atoms with Gasteiger partial charge in [0.05, 0.1) is 0 Å². The summed E-state index contributed by atoms with van der Waals surface area (Å²) >= 11 is 2.97. The van der Waals surface area contributed by atoms with Crippen molar-refractivity contribution < 1.29 is 13.2 Å². The second kappa shape index (κ2) is 3.44. The van der Waals surface area contributed by atoms with Crippen molar-refractivity contribution in [3.8, 4) is 0 Å². The lowest BCUT2D eigenvalue weighted by Crippen LogP contribution is -2.13. The molecule has 0 amide bonds. The maximum Gasteiger partial charge on any atom is 0.389 e. The van der Waals surface area contributed by atoms with Gasteiger partial charge in [0.1, 0.15) is 0 Å². The lowest BCUT2D eigenvalue weighted by atomic mass is 10.1. The van der Waals surface area contributed by atoms with Crippen molar-refractivity contribution in [2.24, 2.45) is 5.92 Å². The van der Waals surface area contributed by atoms with Gasteiger partial charge in [-0.1, -0.05) is 22.9 Å². The highest BCUT2D eigenvalue weighted by atomic mass is 79.9. The average Bonchev–Trinajstić information content (AvgIpc) is 1.62. The zero-order valence-corrected chi connectivity index (χ0v) is 6.59. The van der Waals surface area contributed by atoms with Crippen LogP contribution in [0.15, 0.2) is 0 Å². The molecule has 0 aliphatic rings. The summed E-state index contributed by atoms with van der Waals surface area (Å²) in [7, 11) is 0. The quantitative estimate of drug-likeness (QED) is 0.608. The number of hydrogen-bond donors (Lipinski definition) is 0. The Labute approximate surface area is 60.6 Å². The van der Waals surface area contributed by atoms with E-state index in [2.05, 4.69) is 15.9 Å². The summed E-state index contributed by atoms with van der Waals surface area (Å²) < 4.78 is 34.4. The molecule has 0 nitrogen and oxygen atoms in total. The van der Waals surface area contributed by atoms with Crippen LogP contribution in [-0.2, 0) is 0 Å². The zero-order chi connectivity index (χ0) is 7.49. The molecule has 0 spiro atoms. The molecule has 0 aromatic heterocycles. The Bertz CT molecular complexity index is 78.8. The van der Waals surface area contributed by atoms with Crippen LogP contribution in [-0.4, -0.2) is 11.5 Å². The summed E-state index contributed by atoms with van der Waals surface area (Å²) in [5, 5.41) is 0.409. The smallest absolute Gasteiger partial charge is 0.171 e. The molecule has 0 bridgehead atoms. The van der Waals surface area contributed by atoms with Crippen LogP contribution in [0.3, 0.4) is 0 Å². The first-order valence-corrected chi connectivity index (χ1v) is 3.70. The standard InChI is InChI=1S/C5H8BrF3/c1-4(3-6)2-5(7,8)9/h4H,2-3H2,1H3/t4-/m1/s1. The van der Waals surface area contributed by atoms with Crippen molar-refractivity contribution in [1.29, 1.82) is 0 Å². The van der Waals surface area contributed by atoms with E-state index in [-0.39, 0.29) is 5.92 Å². The fourth-order valence-electron chi connectivity index (χ4n) is 0.450. The minimum Gasteiger partial charge on any atom is -0.171 e. The minimum absolute atomic E-state index is 0.315. The van der Waals surface area contributed by atoms with Crippen molar-refractivity contribution in [3.05, 3.63) is 0 Å². The van der Waals surface area contributed by atoms with E-state index >= 15 is 0 Å². The molecule has 0 saturated heterocycles. The first kappa shape index (κ1) is 9.27. The van der Waals surface area contributed by atoms with Gasteiger partial charge < -0.3 is 0 Å². The molecular weight excluding hydrogens is 197 g/mol. The van der Waals surface area contributed by atoms with Crippen LogP contribution in [0.1, 0.15) is 13.3 Å². The third-order valence-electron chi connectivity index (χ3n) is 0.843. The number of hydrogen-bond acceptors (Lipinski definition) is 0. The highest BCUT2D eigenvalue weighted by molar-refractivity contribution is 9.09. The fourth-order valence-corrected chi connectivity index (χ4v) is 0.679. The molecule has 0 radical (unpaired) electrons. The van der Waals surface area contributed by atoms with Gasteiger partial charge in [0.25, 0.3) is 0 Å². The van der Waals surface area contributed by atoms with Gasteiger partial charge in [0, 0.05) is 11.8 Å². The molecule has 0 unspecified atom stereocenters. The monoisotopic (exact) mass is 204 g/mol. The number of rotatable bonds is 2. The van der Waals surface area contributed by atoms with Gasteiger partial charge in [-0.05, 0) is 5.92 Å². The van der Waals surface area contributed by atoms with Gasteiger partial charge >= 0.3 is 6.18 Å². The Balaban J connectivity index is 3.47. The number of alkyl halides is 4. The van der Waals surface area contributed by atoms with Crippen LogP contribution < -0.4 is 0 Å². The fraction of sp³-hybridized carbons (Fsp3) is 1.00. The Kier molecular flexibility index (Phi) is 3.54. The van der Waals surface area contributed by atoms with E-state index in [1.165, 1.54) is 0 Å². The van der Waals surface area contributed by atoms with E-state index in [0.29, 0.717) is 5.33 Å². The van der Waals surface area contributed by atoms with Gasteiger partial charge in [-0.15, -0.1) is 0 Å². The summed E-state index contributed by atoms with van der Waals surface area (Å²) in [5.41, 5.74) is 0. The molecule has 0 saturated carbocycles. The first-order chi connectivity index (χ1) is 3.95. The van der Waals surface area contributed by atoms with E-state index in [0.717, 1.165) is 0 Å². The average molecular weight is 205 g/mol. The zero-order valence-electron chi connectivity index (χ0n) is 5.00. The molecule has 0 aliphatic carbocycles. The van der Waals surface area contributed by atoms with Crippen molar-refractivity contribution in [3.63, 3.8) is 0 Å². The van der Waals surface area contributed by atoms with Crippen LogP contribution in [0.25, 0.3) is 0 Å². The lowest BCUT2D eigenvalue weighted by Gasteiger charge is -2.09. The van der Waals surface area contributed by atoms with E-state index in [1.54, 1.807) is 6.92 Å². The van der Waals surface area contributed by atoms with E-state index in [1.807, 2.05) is 0 Å². The maximum absolute atomic E-state index is 11.5. The molecule has 0 rings (SSSR count). The summed E-state index contributed by atoms with van der Waals surface area (Å²) in [6.45, 7) is 1.56. The van der Waals surface area contributed by atoms with Crippen LogP contribution in [0.4, 0.5) is 13.2 Å². The summed E-state index contributed by atoms with van der Waals surface area (Å²) in [4.78, 5) is 0. The van der Waals surface area contributed by atoms with Crippen molar-refractivity contribution in [2.45, 2.75) is 19.5 Å². The second-order valence-corrected chi connectivity index (χ2v) is 2.73. The molecule has 1 atom stereocenters. The van der Waals surface area contributed by atoms with Gasteiger partial charge in [-0.3, -0.25) is 0 Å². The van der Waals surface area contributed by atoms with Crippen molar-refractivity contribution >= 4 is 15.9 Å². The molecule has 0 aliphatic heterocycles. The van der Waals surface area contributed by atoms with Gasteiger partial charge in [-0.25, -0.2) is 0 Å². The third kappa shape index (κ3) is 6.15. The van der Waals surface area contributed by atoms with E-state index in [9.17, 15) is 13.2 Å². The second-order valence-electron chi connectivity index (χ2n) is 2.08. The van der Waals surface area contributed by atoms with Crippen LogP contribution in [0.5, 0.6) is 0 Å². The highest BCUT2D eigenvalue weighted by Crippen LogP contribution is 2.25. The van der Waals surface area contributed by atoms with Crippen molar-refractivity contribution in [1.82, 2.24) is 0 Å². The largest absolute Gasteiger partial charge is 0.389 e. The predicted molar refractivity (Wildman–Crippen MR) is 33.6 cm³/mol. The molecular formula is C5H8BrF3. The predicted octanol–water partition coefficient (Wildman–Crippen LogP) is 2.97. The summed E-state index contributed by atoms with van der Waals surface area (Å²) in [5.74, 6) is -0.315. The van der Waals surface area contributed by atoms with Gasteiger partial charge in [0.2, 0.25) is 0 Å². The Morgan fingerprint density at radius 1 is 1.44 bits per heavy atom. The van der Waals surface area contributed by atoms with Crippen LogP contribution >= 0.6 is 15.9 Å². The Morgan fingerprint density at radius 3 is 2.00 bits per heavy atom. The molecule has 56 valence electrons. The van der Waals surface area contributed by atoms with E-state index < -0.39 is 12.6 Å². The Hall–Kier alpha value is 0.270. The SMILES string of the molecule is C[C@@H](CBr)CC(F)(F)F. The molecule has 4 heteroatoms. The highest BCUT2D eigenvalue weighted by Gasteiger charge is 2.29. The number of halogens is 4. The summed E-state index contributed by atoms with van der Waals surface area (Å²) in [6, 6.07) is 0. The molecule has 9 heavy (non-hydrogen) atoms. The lowest BCUT2D eigenvalue weighted by molar-refractivity contribution is -0.141. The van der Waals surface area contributed by atoms with Crippen molar-refractivity contribution in [2.75, 3.05) is 5.33 Å². The first-order valence-electron chi connectivity index (χ1n) is 2.58. The topological polar surface area (TPSA) is 0 Å². The van der Waals surface area contributed by atoms with Gasteiger partial charge in [-0.2, -0.15) is 13.2 Å². The van der Waals surface area contributed by atoms with Crippen LogP contribution in [0, 0.1) is 5.92 Å². The normalized spacial score (nSPS) is 15.7. The molecule has 0 aromatic carbocycles.